The van der Waals surface area contributed by atoms with E-state index in [1.165, 1.54) is 12.8 Å². The minimum atomic E-state index is 0.0439. The summed E-state index contributed by atoms with van der Waals surface area (Å²) < 4.78 is 0. The summed E-state index contributed by atoms with van der Waals surface area (Å²) >= 11 is 0. The third kappa shape index (κ3) is 4.50. The van der Waals surface area contributed by atoms with E-state index in [1.54, 1.807) is 0 Å². The van der Waals surface area contributed by atoms with E-state index in [-0.39, 0.29) is 11.9 Å². The number of hydrogen-bond donors (Lipinski definition) is 1. The quantitative estimate of drug-likeness (QED) is 0.568. The van der Waals surface area contributed by atoms with E-state index in [1.807, 2.05) is 18.0 Å². The average molecular weight is 238 g/mol. The highest BCUT2D eigenvalue weighted by atomic mass is 16.2. The Morgan fingerprint density at radius 3 is 3.00 bits per heavy atom. The fourth-order valence-electron chi connectivity index (χ4n) is 2.40. The molecule has 17 heavy (non-hydrogen) atoms. The van der Waals surface area contributed by atoms with Crippen LogP contribution in [0.1, 0.15) is 39.0 Å². The Balaban J connectivity index is 2.37. The molecule has 1 fully saturated rings. The van der Waals surface area contributed by atoms with Gasteiger partial charge in [-0.25, -0.2) is 0 Å². The molecular formula is C14H26N2O. The number of nitrogens with one attached hydrogen (secondary N) is 1. The molecule has 0 spiro atoms. The second kappa shape index (κ2) is 7.49. The topological polar surface area (TPSA) is 32.3 Å². The lowest BCUT2D eigenvalue weighted by Gasteiger charge is -2.31. The van der Waals surface area contributed by atoms with E-state index in [2.05, 4.69) is 18.8 Å². The Hall–Kier alpha value is -0.830. The van der Waals surface area contributed by atoms with Crippen molar-refractivity contribution >= 4 is 5.91 Å². The summed E-state index contributed by atoms with van der Waals surface area (Å²) in [7, 11) is 1.91. The maximum atomic E-state index is 12.2. The van der Waals surface area contributed by atoms with Crippen LogP contribution in [-0.4, -0.2) is 37.0 Å². The number of likely N-dealkylation sites (N-methyl/N-ethyl adjacent to an activating group) is 1. The summed E-state index contributed by atoms with van der Waals surface area (Å²) in [6.45, 7) is 7.73. The SMILES string of the molecule is C=CCCCN(C)C(=O)C1CC(CC)CCN1. The lowest BCUT2D eigenvalue weighted by molar-refractivity contribution is -0.133. The van der Waals surface area contributed by atoms with E-state index < -0.39 is 0 Å². The van der Waals surface area contributed by atoms with Gasteiger partial charge in [-0.15, -0.1) is 6.58 Å². The van der Waals surface area contributed by atoms with Crippen LogP contribution in [-0.2, 0) is 4.79 Å². The van der Waals surface area contributed by atoms with Gasteiger partial charge in [-0.05, 0) is 38.1 Å². The largest absolute Gasteiger partial charge is 0.344 e. The Kier molecular flexibility index (Phi) is 6.27. The first-order chi connectivity index (χ1) is 8.19. The molecule has 0 aromatic rings. The molecule has 98 valence electrons. The predicted octanol–water partition coefficient (Wildman–Crippen LogP) is 2.19. The fraction of sp³-hybridized carbons (Fsp3) is 0.786. The minimum Gasteiger partial charge on any atom is -0.344 e. The summed E-state index contributed by atoms with van der Waals surface area (Å²) in [6.07, 6.45) is 7.29. The summed E-state index contributed by atoms with van der Waals surface area (Å²) in [5.74, 6) is 0.971. The van der Waals surface area contributed by atoms with Gasteiger partial charge >= 0.3 is 0 Å². The zero-order chi connectivity index (χ0) is 12.7. The summed E-state index contributed by atoms with van der Waals surface area (Å²) in [6, 6.07) is 0.0439. The number of unbranched alkanes of at least 4 members (excludes halogenated alkanes) is 1. The van der Waals surface area contributed by atoms with Crippen molar-refractivity contribution in [1.29, 1.82) is 0 Å². The first-order valence-corrected chi connectivity index (χ1v) is 6.78. The Morgan fingerprint density at radius 2 is 2.35 bits per heavy atom. The van der Waals surface area contributed by atoms with Crippen LogP contribution >= 0.6 is 0 Å². The van der Waals surface area contributed by atoms with Crippen LogP contribution in [0.3, 0.4) is 0 Å². The molecule has 1 heterocycles. The van der Waals surface area contributed by atoms with Crippen molar-refractivity contribution in [2.45, 2.75) is 45.1 Å². The molecule has 1 N–H and O–H groups in total. The predicted molar refractivity (Wildman–Crippen MR) is 71.9 cm³/mol. The zero-order valence-corrected chi connectivity index (χ0v) is 11.2. The van der Waals surface area contributed by atoms with Crippen LogP contribution < -0.4 is 5.32 Å². The summed E-state index contributed by atoms with van der Waals surface area (Å²) in [5.41, 5.74) is 0. The number of piperidine rings is 1. The highest BCUT2D eigenvalue weighted by molar-refractivity contribution is 5.81. The van der Waals surface area contributed by atoms with Crippen molar-refractivity contribution < 1.29 is 4.79 Å². The molecule has 1 aliphatic heterocycles. The lowest BCUT2D eigenvalue weighted by Crippen LogP contribution is -2.49. The van der Waals surface area contributed by atoms with Crippen LogP contribution in [0.4, 0.5) is 0 Å². The molecule has 2 unspecified atom stereocenters. The van der Waals surface area contributed by atoms with Gasteiger partial charge in [0.1, 0.15) is 0 Å². The van der Waals surface area contributed by atoms with Gasteiger partial charge in [0.2, 0.25) is 5.91 Å². The van der Waals surface area contributed by atoms with Gasteiger partial charge in [0.15, 0.2) is 0 Å². The maximum Gasteiger partial charge on any atom is 0.239 e. The fourth-order valence-corrected chi connectivity index (χ4v) is 2.40. The number of carbonyl (C=O) groups excluding carboxylic acids is 1. The Morgan fingerprint density at radius 1 is 1.59 bits per heavy atom. The van der Waals surface area contributed by atoms with E-state index >= 15 is 0 Å². The van der Waals surface area contributed by atoms with Gasteiger partial charge < -0.3 is 10.2 Å². The van der Waals surface area contributed by atoms with Crippen molar-refractivity contribution in [2.75, 3.05) is 20.1 Å². The van der Waals surface area contributed by atoms with Crippen LogP contribution in [0.25, 0.3) is 0 Å². The van der Waals surface area contributed by atoms with Crippen LogP contribution in [0, 0.1) is 5.92 Å². The lowest BCUT2D eigenvalue weighted by atomic mass is 9.90. The smallest absolute Gasteiger partial charge is 0.239 e. The van der Waals surface area contributed by atoms with Crippen molar-refractivity contribution in [2.24, 2.45) is 5.92 Å². The number of nitrogens with zero attached hydrogens (tertiary/aromatic N) is 1. The molecule has 0 aromatic heterocycles. The van der Waals surface area contributed by atoms with Gasteiger partial charge in [0, 0.05) is 13.6 Å². The van der Waals surface area contributed by atoms with Gasteiger partial charge in [0.05, 0.1) is 6.04 Å². The van der Waals surface area contributed by atoms with E-state index in [4.69, 9.17) is 0 Å². The van der Waals surface area contributed by atoms with Crippen LogP contribution in [0.5, 0.6) is 0 Å². The molecule has 0 aromatic carbocycles. The highest BCUT2D eigenvalue weighted by Crippen LogP contribution is 2.20. The molecule has 0 bridgehead atoms. The van der Waals surface area contributed by atoms with E-state index in [9.17, 15) is 4.79 Å². The molecule has 2 atom stereocenters. The number of hydrogen-bond acceptors (Lipinski definition) is 2. The number of amides is 1. The first kappa shape index (κ1) is 14.2. The van der Waals surface area contributed by atoms with Gasteiger partial charge in [-0.2, -0.15) is 0 Å². The van der Waals surface area contributed by atoms with Crippen molar-refractivity contribution in [3.8, 4) is 0 Å². The van der Waals surface area contributed by atoms with Crippen molar-refractivity contribution in [3.05, 3.63) is 12.7 Å². The Bertz CT molecular complexity index is 253. The Labute approximate surface area is 105 Å². The van der Waals surface area contributed by atoms with E-state index in [0.717, 1.165) is 32.4 Å². The molecule has 3 heteroatoms. The third-order valence-electron chi connectivity index (χ3n) is 3.67. The highest BCUT2D eigenvalue weighted by Gasteiger charge is 2.27. The number of carbonyl (C=O) groups is 1. The monoisotopic (exact) mass is 238 g/mol. The molecule has 0 saturated carbocycles. The second-order valence-electron chi connectivity index (χ2n) is 5.00. The van der Waals surface area contributed by atoms with Crippen molar-refractivity contribution in [1.82, 2.24) is 10.2 Å². The van der Waals surface area contributed by atoms with Gasteiger partial charge in [-0.1, -0.05) is 19.4 Å². The third-order valence-corrected chi connectivity index (χ3v) is 3.67. The zero-order valence-electron chi connectivity index (χ0n) is 11.2. The second-order valence-corrected chi connectivity index (χ2v) is 5.00. The molecular weight excluding hydrogens is 212 g/mol. The number of allylic oxidation sites excluding steroid dienone is 1. The average Bonchev–Trinajstić information content (AvgIpc) is 2.38. The van der Waals surface area contributed by atoms with Crippen LogP contribution in [0.15, 0.2) is 12.7 Å². The molecule has 0 radical (unpaired) electrons. The normalized spacial score (nSPS) is 24.4. The molecule has 1 saturated heterocycles. The molecule has 1 rings (SSSR count). The van der Waals surface area contributed by atoms with E-state index in [0.29, 0.717) is 5.92 Å². The number of rotatable bonds is 6. The maximum absolute atomic E-state index is 12.2. The summed E-state index contributed by atoms with van der Waals surface area (Å²) in [5, 5.41) is 3.34. The molecule has 1 amide bonds. The molecule has 1 aliphatic rings. The van der Waals surface area contributed by atoms with Crippen molar-refractivity contribution in [3.63, 3.8) is 0 Å². The van der Waals surface area contributed by atoms with Gasteiger partial charge in [-0.3, -0.25) is 4.79 Å². The first-order valence-electron chi connectivity index (χ1n) is 6.78. The summed E-state index contributed by atoms with van der Waals surface area (Å²) in [4.78, 5) is 14.1. The molecule has 0 aliphatic carbocycles. The van der Waals surface area contributed by atoms with Crippen LogP contribution in [0.2, 0.25) is 0 Å². The molecule has 3 nitrogen and oxygen atoms in total. The standard InChI is InChI=1S/C14H26N2O/c1-4-6-7-10-16(3)14(17)13-11-12(5-2)8-9-15-13/h4,12-13,15H,1,5-11H2,2-3H3. The minimum absolute atomic E-state index is 0.0439. The van der Waals surface area contributed by atoms with Gasteiger partial charge in [0.25, 0.3) is 0 Å².